The van der Waals surface area contributed by atoms with Crippen LogP contribution < -0.4 is 5.73 Å². The van der Waals surface area contributed by atoms with Gasteiger partial charge in [0.25, 0.3) is 0 Å². The molecule has 0 spiro atoms. The van der Waals surface area contributed by atoms with Gasteiger partial charge in [0.15, 0.2) is 0 Å². The van der Waals surface area contributed by atoms with Crippen LogP contribution in [0.2, 0.25) is 0 Å². The highest BCUT2D eigenvalue weighted by Crippen LogP contribution is 2.41. The second-order valence-corrected chi connectivity index (χ2v) is 9.05. The highest BCUT2D eigenvalue weighted by molar-refractivity contribution is 5.82. The third kappa shape index (κ3) is 8.49. The van der Waals surface area contributed by atoms with Crippen molar-refractivity contribution in [3.05, 3.63) is 65.1 Å². The minimum atomic E-state index is -4.39. The van der Waals surface area contributed by atoms with E-state index >= 15 is 0 Å². The number of pyridine rings is 1. The van der Waals surface area contributed by atoms with Crippen molar-refractivity contribution >= 4 is 17.0 Å². The molecule has 7 heteroatoms. The van der Waals surface area contributed by atoms with Gasteiger partial charge in [0.1, 0.15) is 5.69 Å². The normalized spacial score (nSPS) is 15.1. The molecule has 2 aromatic heterocycles. The van der Waals surface area contributed by atoms with Crippen LogP contribution in [-0.4, -0.2) is 21.8 Å². The molecule has 4 nitrogen and oxygen atoms in total. The number of alkyl halides is 3. The lowest BCUT2D eigenvalue weighted by Crippen LogP contribution is -2.08. The third-order valence-corrected chi connectivity index (χ3v) is 6.16. The highest BCUT2D eigenvalue weighted by atomic mass is 19.4. The summed E-state index contributed by atoms with van der Waals surface area (Å²) in [4.78, 5) is 3.62. The number of rotatable bonds is 2. The van der Waals surface area contributed by atoms with Crippen LogP contribution in [0.1, 0.15) is 85.4 Å². The van der Waals surface area contributed by atoms with E-state index in [0.717, 1.165) is 22.9 Å². The Morgan fingerprint density at radius 1 is 1.00 bits per heavy atom. The van der Waals surface area contributed by atoms with E-state index in [1.807, 2.05) is 37.0 Å². The van der Waals surface area contributed by atoms with Crippen LogP contribution in [0.25, 0.3) is 17.0 Å². The standard InChI is InChI=1S/C12H10F3N.C9H12N2.C6H12.CH5N/c1-7-3-4-10-9(5-7)8(2)6-11(16-10)12(13,14)15;1-3-7-6-10-11(2)9(7)8-4-5-8;1-2-4-6-5-3-1;1-2/h3-6H,1-2H3;3,6,8H,1,4-5H2,2H3;1-6H2;2H2,1H3. The van der Waals surface area contributed by atoms with Crippen molar-refractivity contribution in [3.63, 3.8) is 0 Å². The Morgan fingerprint density at radius 3 is 2.06 bits per heavy atom. The first-order chi connectivity index (χ1) is 16.7. The van der Waals surface area contributed by atoms with E-state index < -0.39 is 11.9 Å². The molecule has 0 saturated heterocycles. The maximum atomic E-state index is 12.5. The Bertz CT molecular complexity index is 1070. The first kappa shape index (κ1) is 28.6. The molecule has 192 valence electrons. The van der Waals surface area contributed by atoms with Gasteiger partial charge in [-0.25, -0.2) is 4.98 Å². The number of nitrogens with two attached hydrogens (primary N) is 1. The lowest BCUT2D eigenvalue weighted by Gasteiger charge is -2.09. The quantitative estimate of drug-likeness (QED) is 0.402. The Kier molecular flexibility index (Phi) is 11.0. The van der Waals surface area contributed by atoms with E-state index in [1.165, 1.54) is 69.7 Å². The second-order valence-electron chi connectivity index (χ2n) is 9.05. The fourth-order valence-electron chi connectivity index (χ4n) is 4.19. The molecule has 1 aromatic carbocycles. The zero-order chi connectivity index (χ0) is 26.0. The fourth-order valence-corrected chi connectivity index (χ4v) is 4.19. The summed E-state index contributed by atoms with van der Waals surface area (Å²) in [5, 5.41) is 4.97. The van der Waals surface area contributed by atoms with Crippen LogP contribution in [0.4, 0.5) is 13.2 Å². The predicted molar refractivity (Wildman–Crippen MR) is 139 cm³/mol. The molecule has 0 unspecified atom stereocenters. The van der Waals surface area contributed by atoms with Crippen molar-refractivity contribution in [2.45, 2.75) is 77.3 Å². The fraction of sp³-hybridized carbons (Fsp3) is 0.500. The van der Waals surface area contributed by atoms with Crippen molar-refractivity contribution in [1.82, 2.24) is 14.8 Å². The maximum absolute atomic E-state index is 12.5. The maximum Gasteiger partial charge on any atom is 0.433 e. The van der Waals surface area contributed by atoms with Crippen LogP contribution in [0.15, 0.2) is 37.0 Å². The summed E-state index contributed by atoms with van der Waals surface area (Å²) in [7, 11) is 3.50. The molecule has 0 amide bonds. The van der Waals surface area contributed by atoms with Crippen LogP contribution >= 0.6 is 0 Å². The smallest absolute Gasteiger partial charge is 0.333 e. The zero-order valence-corrected chi connectivity index (χ0v) is 21.5. The monoisotopic (exact) mass is 488 g/mol. The van der Waals surface area contributed by atoms with Crippen molar-refractivity contribution in [3.8, 4) is 0 Å². The topological polar surface area (TPSA) is 56.7 Å². The number of benzene rings is 1. The minimum Gasteiger partial charge on any atom is -0.333 e. The lowest BCUT2D eigenvalue weighted by molar-refractivity contribution is -0.141. The molecule has 2 aliphatic rings. The molecule has 0 bridgehead atoms. The second kappa shape index (κ2) is 13.4. The number of halogens is 3. The number of nitrogens with zero attached hydrogens (tertiary/aromatic N) is 3. The van der Waals surface area contributed by atoms with Crippen molar-refractivity contribution in [2.75, 3.05) is 7.05 Å². The Morgan fingerprint density at radius 2 is 1.57 bits per heavy atom. The van der Waals surface area contributed by atoms with E-state index in [-0.39, 0.29) is 0 Å². The lowest BCUT2D eigenvalue weighted by atomic mass is 10.0. The number of hydrogen-bond donors (Lipinski definition) is 1. The molecule has 3 aromatic rings. The summed E-state index contributed by atoms with van der Waals surface area (Å²) in [5.41, 5.74) is 8.23. The zero-order valence-electron chi connectivity index (χ0n) is 21.5. The van der Waals surface area contributed by atoms with Crippen molar-refractivity contribution in [2.24, 2.45) is 12.8 Å². The number of fused-ring (bicyclic) bond motifs is 1. The first-order valence-corrected chi connectivity index (χ1v) is 12.4. The van der Waals surface area contributed by atoms with Crippen LogP contribution in [0.5, 0.6) is 0 Å². The van der Waals surface area contributed by atoms with E-state index in [2.05, 4.69) is 22.4 Å². The number of aryl methyl sites for hydroxylation is 3. The molecular weight excluding hydrogens is 449 g/mol. The molecule has 0 atom stereocenters. The third-order valence-electron chi connectivity index (χ3n) is 6.16. The molecule has 2 N–H and O–H groups in total. The average molecular weight is 489 g/mol. The molecule has 5 rings (SSSR count). The van der Waals surface area contributed by atoms with Gasteiger partial charge in [0.05, 0.1) is 11.7 Å². The molecule has 0 aliphatic heterocycles. The molecule has 2 saturated carbocycles. The summed E-state index contributed by atoms with van der Waals surface area (Å²) in [5.74, 6) is 0.760. The van der Waals surface area contributed by atoms with Gasteiger partial charge in [-0.15, -0.1) is 0 Å². The SMILES string of the molecule is C1CCCCC1.C=Cc1cnn(C)c1C1CC1.CN.Cc1ccc2nc(C(F)(F)F)cc(C)c2c1. The molecular formula is C28H39F3N4. The number of aromatic nitrogens is 3. The largest absolute Gasteiger partial charge is 0.433 e. The molecule has 0 radical (unpaired) electrons. The summed E-state index contributed by atoms with van der Waals surface area (Å²) >= 11 is 0. The van der Waals surface area contributed by atoms with E-state index in [4.69, 9.17) is 0 Å². The van der Waals surface area contributed by atoms with Gasteiger partial charge in [-0.05, 0) is 57.5 Å². The molecule has 35 heavy (non-hydrogen) atoms. The van der Waals surface area contributed by atoms with Gasteiger partial charge < -0.3 is 5.73 Å². The highest BCUT2D eigenvalue weighted by Gasteiger charge is 2.33. The van der Waals surface area contributed by atoms with Gasteiger partial charge in [-0.2, -0.15) is 18.3 Å². The van der Waals surface area contributed by atoms with E-state index in [0.29, 0.717) is 11.1 Å². The van der Waals surface area contributed by atoms with Crippen LogP contribution in [0.3, 0.4) is 0 Å². The van der Waals surface area contributed by atoms with E-state index in [1.54, 1.807) is 19.1 Å². The van der Waals surface area contributed by atoms with Crippen molar-refractivity contribution in [1.29, 1.82) is 0 Å². The summed E-state index contributed by atoms with van der Waals surface area (Å²) in [6.07, 6.45) is 11.0. The Labute approximate surface area is 207 Å². The van der Waals surface area contributed by atoms with Crippen LogP contribution in [0, 0.1) is 13.8 Å². The predicted octanol–water partition coefficient (Wildman–Crippen LogP) is 7.73. The Hall–Kier alpha value is -2.67. The Balaban J connectivity index is 0.000000196. The molecule has 2 aliphatic carbocycles. The summed E-state index contributed by atoms with van der Waals surface area (Å²) < 4.78 is 39.5. The van der Waals surface area contributed by atoms with Gasteiger partial charge in [0, 0.05) is 29.6 Å². The first-order valence-electron chi connectivity index (χ1n) is 12.4. The average Bonchev–Trinajstić information content (AvgIpc) is 3.63. The van der Waals surface area contributed by atoms with Gasteiger partial charge in [0.2, 0.25) is 0 Å². The van der Waals surface area contributed by atoms with Crippen LogP contribution in [-0.2, 0) is 13.2 Å². The molecule has 2 fully saturated rings. The number of hydrogen-bond acceptors (Lipinski definition) is 3. The van der Waals surface area contributed by atoms with E-state index in [9.17, 15) is 13.2 Å². The minimum absolute atomic E-state index is 0.387. The van der Waals surface area contributed by atoms with Gasteiger partial charge >= 0.3 is 6.18 Å². The van der Waals surface area contributed by atoms with Gasteiger partial charge in [-0.1, -0.05) is 62.8 Å². The summed E-state index contributed by atoms with van der Waals surface area (Å²) in [6, 6.07) is 6.31. The summed E-state index contributed by atoms with van der Waals surface area (Å²) in [6.45, 7) is 7.33. The van der Waals surface area contributed by atoms with Gasteiger partial charge in [-0.3, -0.25) is 4.68 Å². The molecule has 2 heterocycles. The van der Waals surface area contributed by atoms with Crippen molar-refractivity contribution < 1.29 is 13.2 Å².